The number of nitrogens with zero attached hydrogens (tertiary/aromatic N) is 2. The zero-order chi connectivity index (χ0) is 20.6. The molecular formula is C26H28N2O2. The summed E-state index contributed by atoms with van der Waals surface area (Å²) in [5, 5.41) is 0. The van der Waals surface area contributed by atoms with Gasteiger partial charge in [0.05, 0.1) is 0 Å². The SMILES string of the molecule is O=C(COc1ccnc2c1CCCC2)N(CCc1ccccc1)Cc1ccccc1. The lowest BCUT2D eigenvalue weighted by molar-refractivity contribution is -0.134. The Balaban J connectivity index is 1.43. The molecule has 0 spiro atoms. The van der Waals surface area contributed by atoms with Crippen LogP contribution < -0.4 is 4.74 Å². The largest absolute Gasteiger partial charge is 0.483 e. The summed E-state index contributed by atoms with van der Waals surface area (Å²) in [5.41, 5.74) is 4.65. The van der Waals surface area contributed by atoms with Gasteiger partial charge in [0.25, 0.3) is 5.91 Å². The van der Waals surface area contributed by atoms with Gasteiger partial charge in [-0.25, -0.2) is 0 Å². The highest BCUT2D eigenvalue weighted by Gasteiger charge is 2.18. The van der Waals surface area contributed by atoms with E-state index in [0.717, 1.165) is 42.7 Å². The molecular weight excluding hydrogens is 372 g/mol. The first-order chi connectivity index (χ1) is 14.8. The first-order valence-electron chi connectivity index (χ1n) is 10.7. The number of aryl methyl sites for hydroxylation is 1. The lowest BCUT2D eigenvalue weighted by Gasteiger charge is -2.24. The summed E-state index contributed by atoms with van der Waals surface area (Å²) in [6.07, 6.45) is 6.92. The maximum Gasteiger partial charge on any atom is 0.260 e. The molecule has 1 aliphatic carbocycles. The van der Waals surface area contributed by atoms with E-state index in [-0.39, 0.29) is 12.5 Å². The number of hydrogen-bond donors (Lipinski definition) is 0. The van der Waals surface area contributed by atoms with Gasteiger partial charge < -0.3 is 9.64 Å². The highest BCUT2D eigenvalue weighted by atomic mass is 16.5. The van der Waals surface area contributed by atoms with E-state index in [1.807, 2.05) is 47.4 Å². The molecule has 0 saturated carbocycles. The highest BCUT2D eigenvalue weighted by Crippen LogP contribution is 2.27. The summed E-state index contributed by atoms with van der Waals surface area (Å²) in [6, 6.07) is 22.3. The molecule has 1 aliphatic rings. The first kappa shape index (κ1) is 20.1. The third kappa shape index (κ3) is 5.26. The molecule has 3 aromatic rings. The van der Waals surface area contributed by atoms with Crippen molar-refractivity contribution < 1.29 is 9.53 Å². The van der Waals surface area contributed by atoms with Crippen LogP contribution in [-0.4, -0.2) is 28.9 Å². The minimum Gasteiger partial charge on any atom is -0.483 e. The lowest BCUT2D eigenvalue weighted by Crippen LogP contribution is -2.36. The van der Waals surface area contributed by atoms with Gasteiger partial charge in [-0.15, -0.1) is 0 Å². The molecule has 0 fully saturated rings. The van der Waals surface area contributed by atoms with Crippen LogP contribution >= 0.6 is 0 Å². The van der Waals surface area contributed by atoms with Crippen molar-refractivity contribution in [2.24, 2.45) is 0 Å². The number of hydrogen-bond acceptors (Lipinski definition) is 3. The van der Waals surface area contributed by atoms with Crippen molar-refractivity contribution in [2.75, 3.05) is 13.2 Å². The van der Waals surface area contributed by atoms with Gasteiger partial charge in [0.15, 0.2) is 6.61 Å². The van der Waals surface area contributed by atoms with Crippen molar-refractivity contribution in [2.45, 2.75) is 38.6 Å². The second-order valence-electron chi connectivity index (χ2n) is 7.77. The molecule has 1 aromatic heterocycles. The second-order valence-corrected chi connectivity index (χ2v) is 7.77. The lowest BCUT2D eigenvalue weighted by atomic mass is 9.95. The van der Waals surface area contributed by atoms with Crippen LogP contribution in [0.2, 0.25) is 0 Å². The fourth-order valence-electron chi connectivity index (χ4n) is 3.96. The Hall–Kier alpha value is -3.14. The third-order valence-corrected chi connectivity index (χ3v) is 5.63. The van der Waals surface area contributed by atoms with E-state index in [9.17, 15) is 4.79 Å². The molecule has 4 heteroatoms. The summed E-state index contributed by atoms with van der Waals surface area (Å²) >= 11 is 0. The van der Waals surface area contributed by atoms with Gasteiger partial charge in [-0.1, -0.05) is 60.7 Å². The molecule has 4 nitrogen and oxygen atoms in total. The molecule has 1 heterocycles. The topological polar surface area (TPSA) is 42.4 Å². The highest BCUT2D eigenvalue weighted by molar-refractivity contribution is 5.77. The number of amides is 1. The summed E-state index contributed by atoms with van der Waals surface area (Å²) in [6.45, 7) is 1.30. The molecule has 0 unspecified atom stereocenters. The van der Waals surface area contributed by atoms with E-state index >= 15 is 0 Å². The Kier molecular flexibility index (Phi) is 6.75. The van der Waals surface area contributed by atoms with Crippen LogP contribution in [0, 0.1) is 0 Å². The fraction of sp³-hybridized carbons (Fsp3) is 0.308. The molecule has 0 atom stereocenters. The maximum absolute atomic E-state index is 13.1. The molecule has 0 bridgehead atoms. The van der Waals surface area contributed by atoms with Crippen LogP contribution in [0.5, 0.6) is 5.75 Å². The summed E-state index contributed by atoms with van der Waals surface area (Å²) < 4.78 is 6.01. The van der Waals surface area contributed by atoms with Gasteiger partial charge in [0, 0.05) is 30.5 Å². The zero-order valence-corrected chi connectivity index (χ0v) is 17.3. The van der Waals surface area contributed by atoms with Crippen LogP contribution in [0.4, 0.5) is 0 Å². The molecule has 0 saturated heterocycles. The van der Waals surface area contributed by atoms with Gasteiger partial charge in [0.1, 0.15) is 5.75 Å². The molecule has 30 heavy (non-hydrogen) atoms. The van der Waals surface area contributed by atoms with Crippen LogP contribution in [0.15, 0.2) is 72.9 Å². The van der Waals surface area contributed by atoms with Crippen molar-refractivity contribution >= 4 is 5.91 Å². The van der Waals surface area contributed by atoms with Gasteiger partial charge >= 0.3 is 0 Å². The van der Waals surface area contributed by atoms with Crippen molar-refractivity contribution in [1.82, 2.24) is 9.88 Å². The van der Waals surface area contributed by atoms with Gasteiger partial charge in [-0.3, -0.25) is 9.78 Å². The minimum absolute atomic E-state index is 0.0103. The number of rotatable bonds is 8. The van der Waals surface area contributed by atoms with E-state index in [1.165, 1.54) is 17.5 Å². The Morgan fingerprint density at radius 3 is 2.37 bits per heavy atom. The zero-order valence-electron chi connectivity index (χ0n) is 17.3. The third-order valence-electron chi connectivity index (χ3n) is 5.63. The molecule has 154 valence electrons. The number of pyridine rings is 1. The second kappa shape index (κ2) is 10.1. The average Bonchev–Trinajstić information content (AvgIpc) is 2.81. The number of fused-ring (bicyclic) bond motifs is 1. The number of carbonyl (C=O) groups excluding carboxylic acids is 1. The van der Waals surface area contributed by atoms with Crippen LogP contribution in [0.3, 0.4) is 0 Å². The van der Waals surface area contributed by atoms with Crippen LogP contribution in [-0.2, 0) is 30.6 Å². The standard InChI is InChI=1S/C26H28N2O2/c29-26(20-30-25-15-17-27-24-14-8-7-13-23(24)25)28(19-22-11-5-2-6-12-22)18-16-21-9-3-1-4-10-21/h1-6,9-12,15,17H,7-8,13-14,16,18-20H2. The number of aromatic nitrogens is 1. The molecule has 1 amide bonds. The van der Waals surface area contributed by atoms with E-state index in [4.69, 9.17) is 4.74 Å². The number of ether oxygens (including phenoxy) is 1. The Morgan fingerprint density at radius 2 is 1.60 bits per heavy atom. The Morgan fingerprint density at radius 1 is 0.900 bits per heavy atom. The molecule has 2 aromatic carbocycles. The molecule has 4 rings (SSSR count). The van der Waals surface area contributed by atoms with Gasteiger partial charge in [-0.2, -0.15) is 0 Å². The Bertz CT molecular complexity index is 957. The van der Waals surface area contributed by atoms with Gasteiger partial charge in [-0.05, 0) is 49.3 Å². The van der Waals surface area contributed by atoms with E-state index in [0.29, 0.717) is 13.1 Å². The monoisotopic (exact) mass is 400 g/mol. The average molecular weight is 401 g/mol. The summed E-state index contributed by atoms with van der Waals surface area (Å²) in [4.78, 5) is 19.5. The van der Waals surface area contributed by atoms with E-state index < -0.39 is 0 Å². The van der Waals surface area contributed by atoms with E-state index in [1.54, 1.807) is 6.20 Å². The number of benzene rings is 2. The normalized spacial score (nSPS) is 12.8. The molecule has 0 N–H and O–H groups in total. The first-order valence-corrected chi connectivity index (χ1v) is 10.7. The molecule has 0 aliphatic heterocycles. The summed E-state index contributed by atoms with van der Waals surface area (Å²) in [5.74, 6) is 0.826. The molecule has 0 radical (unpaired) electrons. The number of carbonyl (C=O) groups is 1. The Labute approximate surface area is 178 Å². The van der Waals surface area contributed by atoms with E-state index in [2.05, 4.69) is 29.2 Å². The van der Waals surface area contributed by atoms with Crippen molar-refractivity contribution in [3.63, 3.8) is 0 Å². The van der Waals surface area contributed by atoms with Crippen molar-refractivity contribution in [3.05, 3.63) is 95.3 Å². The van der Waals surface area contributed by atoms with Crippen molar-refractivity contribution in [1.29, 1.82) is 0 Å². The van der Waals surface area contributed by atoms with Crippen molar-refractivity contribution in [3.8, 4) is 5.75 Å². The smallest absolute Gasteiger partial charge is 0.260 e. The quantitative estimate of drug-likeness (QED) is 0.554. The predicted octanol–water partition coefficient (Wildman–Crippen LogP) is 4.61. The van der Waals surface area contributed by atoms with Gasteiger partial charge in [0.2, 0.25) is 0 Å². The van der Waals surface area contributed by atoms with Crippen LogP contribution in [0.25, 0.3) is 0 Å². The fourth-order valence-corrected chi connectivity index (χ4v) is 3.96. The minimum atomic E-state index is 0.0103. The summed E-state index contributed by atoms with van der Waals surface area (Å²) in [7, 11) is 0. The van der Waals surface area contributed by atoms with Crippen LogP contribution in [0.1, 0.15) is 35.2 Å². The maximum atomic E-state index is 13.1. The predicted molar refractivity (Wildman–Crippen MR) is 118 cm³/mol.